The minimum absolute atomic E-state index is 0. The summed E-state index contributed by atoms with van der Waals surface area (Å²) in [5.74, 6) is 0.608. The standard InChI is InChI=1S/C23H28N4O2.2ClH/c1-17-10-18(2)12-21(11-17)29-9-8-25-23(28)22(24)13-20-15-27(16-26-20)14-19-6-4-3-5-7-19;;/h3-7,10-12,15-16,22H,8-9,13-14,24H2,1-2H3,(H,25,28);2*1H/t22-;;/m0../s1. The first kappa shape index (κ1) is 26.5. The van der Waals surface area contributed by atoms with E-state index in [4.69, 9.17) is 10.5 Å². The summed E-state index contributed by atoms with van der Waals surface area (Å²) in [6, 6.07) is 15.6. The fourth-order valence-corrected chi connectivity index (χ4v) is 3.20. The van der Waals surface area contributed by atoms with Gasteiger partial charge in [-0.15, -0.1) is 24.8 Å². The lowest BCUT2D eigenvalue weighted by atomic mass is 10.1. The lowest BCUT2D eigenvalue weighted by Gasteiger charge is -2.12. The van der Waals surface area contributed by atoms with Crippen LogP contribution in [0.3, 0.4) is 0 Å². The average Bonchev–Trinajstić information content (AvgIpc) is 3.11. The molecule has 31 heavy (non-hydrogen) atoms. The molecule has 0 unspecified atom stereocenters. The van der Waals surface area contributed by atoms with Crippen molar-refractivity contribution in [3.8, 4) is 5.75 Å². The first-order chi connectivity index (χ1) is 14.0. The largest absolute Gasteiger partial charge is 0.492 e. The number of carbonyl (C=O) groups is 1. The van der Waals surface area contributed by atoms with Gasteiger partial charge in [0.1, 0.15) is 12.4 Å². The number of hydrogen-bond acceptors (Lipinski definition) is 4. The molecule has 3 N–H and O–H groups in total. The monoisotopic (exact) mass is 464 g/mol. The van der Waals surface area contributed by atoms with Crippen molar-refractivity contribution in [3.63, 3.8) is 0 Å². The molecule has 1 aromatic heterocycles. The molecule has 0 spiro atoms. The van der Waals surface area contributed by atoms with Crippen molar-refractivity contribution >= 4 is 30.7 Å². The van der Waals surface area contributed by atoms with Gasteiger partial charge in [-0.3, -0.25) is 4.79 Å². The summed E-state index contributed by atoms with van der Waals surface area (Å²) in [7, 11) is 0. The van der Waals surface area contributed by atoms with Gasteiger partial charge in [0.2, 0.25) is 5.91 Å². The maximum absolute atomic E-state index is 12.2. The normalized spacial score (nSPS) is 11.1. The molecule has 3 aromatic rings. The quantitative estimate of drug-likeness (QED) is 0.475. The molecular weight excluding hydrogens is 435 g/mol. The number of ether oxygens (including phenoxy) is 1. The number of amides is 1. The highest BCUT2D eigenvalue weighted by Crippen LogP contribution is 2.15. The van der Waals surface area contributed by atoms with E-state index in [9.17, 15) is 4.79 Å². The predicted octanol–water partition coefficient (Wildman–Crippen LogP) is 3.46. The number of benzene rings is 2. The molecule has 0 aliphatic heterocycles. The van der Waals surface area contributed by atoms with Crippen LogP contribution in [-0.2, 0) is 17.8 Å². The van der Waals surface area contributed by atoms with Crippen LogP contribution in [0.15, 0.2) is 61.1 Å². The number of aryl methyl sites for hydroxylation is 2. The summed E-state index contributed by atoms with van der Waals surface area (Å²) < 4.78 is 7.70. The fraction of sp³-hybridized carbons (Fsp3) is 0.304. The number of aromatic nitrogens is 2. The van der Waals surface area contributed by atoms with Crippen LogP contribution in [0.1, 0.15) is 22.4 Å². The second-order valence-corrected chi connectivity index (χ2v) is 7.30. The van der Waals surface area contributed by atoms with Gasteiger partial charge < -0.3 is 20.4 Å². The van der Waals surface area contributed by atoms with Gasteiger partial charge in [-0.25, -0.2) is 4.98 Å². The van der Waals surface area contributed by atoms with E-state index in [-0.39, 0.29) is 30.7 Å². The SMILES string of the molecule is Cc1cc(C)cc(OCCNC(=O)[C@@H](N)Cc2cn(Cc3ccccc3)cn2)c1.Cl.Cl. The molecule has 0 aliphatic rings. The van der Waals surface area contributed by atoms with Gasteiger partial charge in [0, 0.05) is 19.2 Å². The highest BCUT2D eigenvalue weighted by molar-refractivity contribution is 5.85. The number of carbonyl (C=O) groups excluding carboxylic acids is 1. The Bertz CT molecular complexity index is 928. The zero-order chi connectivity index (χ0) is 20.6. The van der Waals surface area contributed by atoms with E-state index >= 15 is 0 Å². The maximum Gasteiger partial charge on any atom is 0.237 e. The van der Waals surface area contributed by atoms with Crippen molar-refractivity contribution in [2.45, 2.75) is 32.9 Å². The summed E-state index contributed by atoms with van der Waals surface area (Å²) in [6.07, 6.45) is 4.10. The molecule has 1 amide bonds. The number of imidazole rings is 1. The van der Waals surface area contributed by atoms with Crippen molar-refractivity contribution in [1.29, 1.82) is 0 Å². The van der Waals surface area contributed by atoms with Gasteiger partial charge in [-0.05, 0) is 42.7 Å². The van der Waals surface area contributed by atoms with Gasteiger partial charge in [-0.2, -0.15) is 0 Å². The van der Waals surface area contributed by atoms with Crippen molar-refractivity contribution in [1.82, 2.24) is 14.9 Å². The van der Waals surface area contributed by atoms with E-state index in [0.717, 1.165) is 29.1 Å². The van der Waals surface area contributed by atoms with Gasteiger partial charge in [0.05, 0.1) is 24.6 Å². The molecule has 168 valence electrons. The first-order valence-corrected chi connectivity index (χ1v) is 9.78. The molecule has 0 fully saturated rings. The molecule has 1 atom stereocenters. The number of halogens is 2. The van der Waals surface area contributed by atoms with Crippen molar-refractivity contribution in [2.75, 3.05) is 13.2 Å². The maximum atomic E-state index is 12.2. The molecule has 0 saturated heterocycles. The Morgan fingerprint density at radius 2 is 1.81 bits per heavy atom. The highest BCUT2D eigenvalue weighted by atomic mass is 35.5. The molecule has 0 radical (unpaired) electrons. The molecule has 1 heterocycles. The van der Waals surface area contributed by atoms with E-state index in [1.54, 1.807) is 6.33 Å². The van der Waals surface area contributed by atoms with E-state index in [2.05, 4.69) is 28.5 Å². The van der Waals surface area contributed by atoms with E-state index in [1.165, 1.54) is 5.56 Å². The van der Waals surface area contributed by atoms with Crippen LogP contribution in [0, 0.1) is 13.8 Å². The summed E-state index contributed by atoms with van der Waals surface area (Å²) >= 11 is 0. The van der Waals surface area contributed by atoms with Crippen LogP contribution in [-0.4, -0.2) is 34.7 Å². The number of rotatable bonds is 9. The van der Waals surface area contributed by atoms with Gasteiger partial charge >= 0.3 is 0 Å². The Hall–Kier alpha value is -2.54. The van der Waals surface area contributed by atoms with E-state index in [1.807, 2.05) is 54.9 Å². The van der Waals surface area contributed by atoms with Crippen LogP contribution < -0.4 is 15.8 Å². The Kier molecular flexibility index (Phi) is 11.1. The zero-order valence-corrected chi connectivity index (χ0v) is 19.4. The van der Waals surface area contributed by atoms with Crippen molar-refractivity contribution < 1.29 is 9.53 Å². The smallest absolute Gasteiger partial charge is 0.237 e. The average molecular weight is 465 g/mol. The third kappa shape index (κ3) is 8.61. The molecule has 0 aliphatic carbocycles. The van der Waals surface area contributed by atoms with Crippen LogP contribution >= 0.6 is 24.8 Å². The number of hydrogen-bond donors (Lipinski definition) is 2. The highest BCUT2D eigenvalue weighted by Gasteiger charge is 2.15. The van der Waals surface area contributed by atoms with Crippen molar-refractivity contribution in [3.05, 3.63) is 83.4 Å². The second-order valence-electron chi connectivity index (χ2n) is 7.30. The molecule has 0 bridgehead atoms. The Morgan fingerprint density at radius 1 is 1.13 bits per heavy atom. The molecule has 6 nitrogen and oxygen atoms in total. The molecule has 0 saturated carbocycles. The predicted molar refractivity (Wildman–Crippen MR) is 128 cm³/mol. The number of nitrogens with two attached hydrogens (primary N) is 1. The van der Waals surface area contributed by atoms with Gasteiger partial charge in [0.25, 0.3) is 0 Å². The summed E-state index contributed by atoms with van der Waals surface area (Å²) in [4.78, 5) is 16.6. The third-order valence-corrected chi connectivity index (χ3v) is 4.53. The van der Waals surface area contributed by atoms with E-state index < -0.39 is 6.04 Å². The molecular formula is C23H30Cl2N4O2. The lowest BCUT2D eigenvalue weighted by molar-refractivity contribution is -0.122. The summed E-state index contributed by atoms with van der Waals surface area (Å²) in [5, 5.41) is 2.83. The Labute approximate surface area is 196 Å². The lowest BCUT2D eigenvalue weighted by Crippen LogP contribution is -2.43. The van der Waals surface area contributed by atoms with Gasteiger partial charge in [-0.1, -0.05) is 36.4 Å². The van der Waals surface area contributed by atoms with Crippen LogP contribution in [0.4, 0.5) is 0 Å². The fourth-order valence-electron chi connectivity index (χ4n) is 3.20. The Morgan fingerprint density at radius 3 is 2.48 bits per heavy atom. The second kappa shape index (κ2) is 13.0. The minimum atomic E-state index is -0.642. The summed E-state index contributed by atoms with van der Waals surface area (Å²) in [6.45, 7) is 5.60. The topological polar surface area (TPSA) is 82.2 Å². The molecule has 3 rings (SSSR count). The molecule has 8 heteroatoms. The van der Waals surface area contributed by atoms with Gasteiger partial charge in [0.15, 0.2) is 0 Å². The van der Waals surface area contributed by atoms with Crippen LogP contribution in [0.2, 0.25) is 0 Å². The number of nitrogens with zero attached hydrogens (tertiary/aromatic N) is 2. The minimum Gasteiger partial charge on any atom is -0.492 e. The first-order valence-electron chi connectivity index (χ1n) is 9.78. The number of nitrogens with one attached hydrogen (secondary N) is 1. The van der Waals surface area contributed by atoms with Crippen LogP contribution in [0.25, 0.3) is 0 Å². The van der Waals surface area contributed by atoms with Crippen molar-refractivity contribution in [2.24, 2.45) is 5.73 Å². The Balaban J connectivity index is 0.00000240. The summed E-state index contributed by atoms with van der Waals surface area (Å²) in [5.41, 5.74) is 10.3. The molecule has 2 aromatic carbocycles. The zero-order valence-electron chi connectivity index (χ0n) is 17.8. The van der Waals surface area contributed by atoms with E-state index in [0.29, 0.717) is 19.6 Å². The van der Waals surface area contributed by atoms with Crippen LogP contribution in [0.5, 0.6) is 5.75 Å². The third-order valence-electron chi connectivity index (χ3n) is 4.53.